The second-order valence-corrected chi connectivity index (χ2v) is 5.88. The highest BCUT2D eigenvalue weighted by Gasteiger charge is 2.23. The first-order valence-electron chi connectivity index (χ1n) is 7.14. The van der Waals surface area contributed by atoms with Crippen LogP contribution in [0.3, 0.4) is 0 Å². The van der Waals surface area contributed by atoms with E-state index in [1.54, 1.807) is 19.1 Å². The molecule has 20 heavy (non-hydrogen) atoms. The monoisotopic (exact) mass is 283 g/mol. The molecule has 0 aliphatic rings. The third-order valence-corrected chi connectivity index (χ3v) is 3.27. The molecule has 0 amide bonds. The van der Waals surface area contributed by atoms with Gasteiger partial charge in [0.25, 0.3) is 0 Å². The van der Waals surface area contributed by atoms with Crippen LogP contribution in [0.5, 0.6) is 5.75 Å². The number of aliphatic hydroxyl groups is 1. The summed E-state index contributed by atoms with van der Waals surface area (Å²) in [5.41, 5.74) is 0.321. The Morgan fingerprint density at radius 2 is 2.10 bits per heavy atom. The molecule has 0 heterocycles. The summed E-state index contributed by atoms with van der Waals surface area (Å²) in [4.78, 5) is 0. The molecule has 2 N–H and O–H groups in total. The van der Waals surface area contributed by atoms with Gasteiger partial charge in [0.05, 0.1) is 13.2 Å². The maximum atomic E-state index is 13.4. The zero-order valence-corrected chi connectivity index (χ0v) is 12.9. The molecule has 0 aliphatic heterocycles. The third kappa shape index (κ3) is 5.47. The molecule has 114 valence electrons. The van der Waals surface area contributed by atoms with Crippen molar-refractivity contribution in [1.29, 1.82) is 0 Å². The lowest BCUT2D eigenvalue weighted by atomic mass is 9.96. The molecule has 1 rings (SSSR count). The summed E-state index contributed by atoms with van der Waals surface area (Å²) in [5, 5.41) is 12.8. The average molecular weight is 283 g/mol. The highest BCUT2D eigenvalue weighted by Crippen LogP contribution is 2.17. The number of benzene rings is 1. The van der Waals surface area contributed by atoms with Gasteiger partial charge < -0.3 is 15.2 Å². The number of hydrogen-bond acceptors (Lipinski definition) is 3. The minimum absolute atomic E-state index is 0.0876. The zero-order valence-electron chi connectivity index (χ0n) is 12.9. The molecule has 0 fully saturated rings. The van der Waals surface area contributed by atoms with E-state index in [0.29, 0.717) is 24.0 Å². The molecule has 1 atom stereocenters. The van der Waals surface area contributed by atoms with Crippen molar-refractivity contribution in [2.45, 2.75) is 52.1 Å². The summed E-state index contributed by atoms with van der Waals surface area (Å²) in [6, 6.07) is 5.21. The van der Waals surface area contributed by atoms with Gasteiger partial charge in [0.2, 0.25) is 0 Å². The maximum absolute atomic E-state index is 13.4. The molecule has 0 saturated heterocycles. The van der Waals surface area contributed by atoms with Gasteiger partial charge >= 0.3 is 0 Å². The van der Waals surface area contributed by atoms with Crippen LogP contribution in [0.4, 0.5) is 4.39 Å². The van der Waals surface area contributed by atoms with Gasteiger partial charge in [-0.05, 0) is 38.3 Å². The molecule has 1 aromatic rings. The van der Waals surface area contributed by atoms with Crippen LogP contribution in [0.15, 0.2) is 18.2 Å². The summed E-state index contributed by atoms with van der Waals surface area (Å²) in [5.74, 6) is 0.305. The predicted molar refractivity (Wildman–Crippen MR) is 79.6 cm³/mol. The summed E-state index contributed by atoms with van der Waals surface area (Å²) < 4.78 is 18.9. The number of rotatable bonds is 8. The normalized spacial score (nSPS) is 14.3. The first kappa shape index (κ1) is 16.9. The van der Waals surface area contributed by atoms with Gasteiger partial charge in [0, 0.05) is 17.6 Å². The van der Waals surface area contributed by atoms with E-state index in [4.69, 9.17) is 4.74 Å². The average Bonchev–Trinajstić information content (AvgIpc) is 2.38. The number of aliphatic hydroxyl groups excluding tert-OH is 1. The lowest BCUT2D eigenvalue weighted by molar-refractivity contribution is 0.147. The van der Waals surface area contributed by atoms with Crippen LogP contribution in [0, 0.1) is 12.7 Å². The molecule has 0 bridgehead atoms. The maximum Gasteiger partial charge on any atom is 0.129 e. The standard InChI is InChI=1S/C16H26FNO2/c1-12(2)18-16(4,11-19)8-5-9-20-14-7-6-13(3)15(17)10-14/h6-7,10,12,18-19H,5,8-9,11H2,1-4H3. The number of nitrogens with one attached hydrogen (secondary N) is 1. The molecule has 0 aromatic heterocycles. The fourth-order valence-electron chi connectivity index (χ4n) is 2.21. The van der Waals surface area contributed by atoms with Crippen molar-refractivity contribution in [2.24, 2.45) is 0 Å². The van der Waals surface area contributed by atoms with E-state index in [1.165, 1.54) is 6.07 Å². The van der Waals surface area contributed by atoms with Crippen molar-refractivity contribution in [3.05, 3.63) is 29.6 Å². The first-order chi connectivity index (χ1) is 9.36. The van der Waals surface area contributed by atoms with Gasteiger partial charge in [-0.1, -0.05) is 19.9 Å². The van der Waals surface area contributed by atoms with E-state index in [2.05, 4.69) is 19.2 Å². The van der Waals surface area contributed by atoms with Crippen LogP contribution in [-0.2, 0) is 0 Å². The highest BCUT2D eigenvalue weighted by atomic mass is 19.1. The summed E-state index contributed by atoms with van der Waals surface area (Å²) >= 11 is 0. The molecule has 1 unspecified atom stereocenters. The number of aryl methyl sites for hydroxylation is 1. The number of hydrogen-bond donors (Lipinski definition) is 2. The first-order valence-corrected chi connectivity index (χ1v) is 7.14. The molecule has 0 spiro atoms. The van der Waals surface area contributed by atoms with Gasteiger partial charge in [0.1, 0.15) is 11.6 Å². The van der Waals surface area contributed by atoms with Crippen molar-refractivity contribution in [3.63, 3.8) is 0 Å². The Morgan fingerprint density at radius 3 is 2.65 bits per heavy atom. The highest BCUT2D eigenvalue weighted by molar-refractivity contribution is 5.27. The van der Waals surface area contributed by atoms with Crippen molar-refractivity contribution in [2.75, 3.05) is 13.2 Å². The topological polar surface area (TPSA) is 41.5 Å². The van der Waals surface area contributed by atoms with E-state index in [0.717, 1.165) is 12.8 Å². The van der Waals surface area contributed by atoms with Crippen LogP contribution >= 0.6 is 0 Å². The number of ether oxygens (including phenoxy) is 1. The molecule has 3 nitrogen and oxygen atoms in total. The lowest BCUT2D eigenvalue weighted by Crippen LogP contribution is -2.49. The molecule has 0 aliphatic carbocycles. The van der Waals surface area contributed by atoms with Crippen LogP contribution < -0.4 is 10.1 Å². The Morgan fingerprint density at radius 1 is 1.40 bits per heavy atom. The molecule has 0 saturated carbocycles. The van der Waals surface area contributed by atoms with Crippen LogP contribution in [0.2, 0.25) is 0 Å². The lowest BCUT2D eigenvalue weighted by Gasteiger charge is -2.31. The quantitative estimate of drug-likeness (QED) is 0.721. The van der Waals surface area contributed by atoms with Gasteiger partial charge in [-0.3, -0.25) is 0 Å². The third-order valence-electron chi connectivity index (χ3n) is 3.27. The van der Waals surface area contributed by atoms with Gasteiger partial charge in [-0.25, -0.2) is 4.39 Å². The molecular formula is C16H26FNO2. The fraction of sp³-hybridized carbons (Fsp3) is 0.625. The van der Waals surface area contributed by atoms with Crippen LogP contribution in [0.1, 0.15) is 39.2 Å². The fourth-order valence-corrected chi connectivity index (χ4v) is 2.21. The Kier molecular flexibility index (Phi) is 6.43. The van der Waals surface area contributed by atoms with Crippen molar-refractivity contribution >= 4 is 0 Å². The Bertz CT molecular complexity index is 423. The number of halogens is 1. The molecule has 4 heteroatoms. The van der Waals surface area contributed by atoms with Gasteiger partial charge in [-0.15, -0.1) is 0 Å². The second kappa shape index (κ2) is 7.60. The Hall–Kier alpha value is -1.13. The molecule has 1 aromatic carbocycles. The van der Waals surface area contributed by atoms with Gasteiger partial charge in [0.15, 0.2) is 0 Å². The van der Waals surface area contributed by atoms with E-state index in [-0.39, 0.29) is 18.0 Å². The summed E-state index contributed by atoms with van der Waals surface area (Å²) in [7, 11) is 0. The van der Waals surface area contributed by atoms with E-state index in [1.807, 2.05) is 6.92 Å². The molecular weight excluding hydrogens is 257 g/mol. The van der Waals surface area contributed by atoms with Crippen LogP contribution in [0.25, 0.3) is 0 Å². The second-order valence-electron chi connectivity index (χ2n) is 5.88. The van der Waals surface area contributed by atoms with Crippen molar-refractivity contribution < 1.29 is 14.2 Å². The zero-order chi connectivity index (χ0) is 15.2. The smallest absolute Gasteiger partial charge is 0.129 e. The van der Waals surface area contributed by atoms with E-state index >= 15 is 0 Å². The van der Waals surface area contributed by atoms with Gasteiger partial charge in [-0.2, -0.15) is 0 Å². The van der Waals surface area contributed by atoms with E-state index < -0.39 is 0 Å². The van der Waals surface area contributed by atoms with Crippen molar-refractivity contribution in [1.82, 2.24) is 5.32 Å². The van der Waals surface area contributed by atoms with Crippen molar-refractivity contribution in [3.8, 4) is 5.75 Å². The van der Waals surface area contributed by atoms with Crippen LogP contribution in [-0.4, -0.2) is 29.9 Å². The summed E-state index contributed by atoms with van der Waals surface area (Å²) in [6.07, 6.45) is 1.60. The molecule has 0 radical (unpaired) electrons. The SMILES string of the molecule is Cc1ccc(OCCCC(C)(CO)NC(C)C)cc1F. The minimum atomic E-state index is -0.296. The van der Waals surface area contributed by atoms with E-state index in [9.17, 15) is 9.50 Å². The predicted octanol–water partition coefficient (Wildman–Crippen LogP) is 3.04. The minimum Gasteiger partial charge on any atom is -0.493 e. The Balaban J connectivity index is 2.38. The largest absolute Gasteiger partial charge is 0.493 e. The Labute approximate surface area is 121 Å². The summed E-state index contributed by atoms with van der Waals surface area (Å²) in [6.45, 7) is 8.43.